The Labute approximate surface area is 113 Å². The highest BCUT2D eigenvalue weighted by Gasteiger charge is 2.19. The molecule has 2 N–H and O–H groups in total. The number of hydrogen-bond donors (Lipinski definition) is 1. The molecule has 0 aliphatic rings. The van der Waals surface area contributed by atoms with E-state index in [-0.39, 0.29) is 5.95 Å². The van der Waals surface area contributed by atoms with Crippen LogP contribution in [-0.2, 0) is 6.54 Å². The molecule has 0 amide bonds. The number of rotatable bonds is 5. The van der Waals surface area contributed by atoms with Gasteiger partial charge in [0.05, 0.1) is 14.2 Å². The van der Waals surface area contributed by atoms with Crippen molar-refractivity contribution in [2.45, 2.75) is 23.5 Å². The maximum atomic E-state index is 5.57. The lowest BCUT2D eigenvalue weighted by molar-refractivity contribution is 0.354. The highest BCUT2D eigenvalue weighted by molar-refractivity contribution is 7.99. The Morgan fingerprint density at radius 1 is 1.21 bits per heavy atom. The quantitative estimate of drug-likeness (QED) is 0.823. The van der Waals surface area contributed by atoms with Crippen molar-refractivity contribution in [3.8, 4) is 11.8 Å². The van der Waals surface area contributed by atoms with Gasteiger partial charge in [-0.25, -0.2) is 4.68 Å². The summed E-state index contributed by atoms with van der Waals surface area (Å²) in [6.45, 7) is 2.59. The number of tetrazole rings is 1. The number of anilines is 1. The first-order valence-electron chi connectivity index (χ1n) is 5.39. The number of methoxy groups -OCH3 is 2. The van der Waals surface area contributed by atoms with Gasteiger partial charge in [-0.2, -0.15) is 9.97 Å². The van der Waals surface area contributed by atoms with Crippen LogP contribution in [0.3, 0.4) is 0 Å². The summed E-state index contributed by atoms with van der Waals surface area (Å²) in [5, 5.41) is 12.0. The number of nitrogens with zero attached hydrogens (tertiary/aromatic N) is 6. The first kappa shape index (κ1) is 13.3. The fourth-order valence-corrected chi connectivity index (χ4v) is 2.31. The molecule has 0 spiro atoms. The molecule has 0 unspecified atom stereocenters. The molecular weight excluding hydrogens is 270 g/mol. The highest BCUT2D eigenvalue weighted by Crippen LogP contribution is 2.38. The van der Waals surface area contributed by atoms with Gasteiger partial charge in [-0.3, -0.25) is 0 Å². The van der Waals surface area contributed by atoms with E-state index in [1.807, 2.05) is 6.92 Å². The minimum atomic E-state index is 0.0770. The lowest BCUT2D eigenvalue weighted by atomic mass is 10.6. The molecule has 2 rings (SSSR count). The summed E-state index contributed by atoms with van der Waals surface area (Å²) in [4.78, 5) is 8.58. The van der Waals surface area contributed by atoms with Crippen LogP contribution in [0.25, 0.3) is 0 Å². The summed E-state index contributed by atoms with van der Waals surface area (Å²) in [5.41, 5.74) is 5.57. The van der Waals surface area contributed by atoms with E-state index in [2.05, 4.69) is 25.5 Å². The highest BCUT2D eigenvalue weighted by atomic mass is 32.2. The van der Waals surface area contributed by atoms with Crippen LogP contribution in [0.4, 0.5) is 5.95 Å². The number of hydrogen-bond acceptors (Lipinski definition) is 9. The van der Waals surface area contributed by atoms with Gasteiger partial charge in [0.25, 0.3) is 0 Å². The lowest BCUT2D eigenvalue weighted by Gasteiger charge is -2.10. The van der Waals surface area contributed by atoms with Crippen LogP contribution >= 0.6 is 11.8 Å². The Kier molecular flexibility index (Phi) is 4.00. The molecule has 0 atom stereocenters. The van der Waals surface area contributed by atoms with Crippen LogP contribution in [-0.4, -0.2) is 44.4 Å². The van der Waals surface area contributed by atoms with E-state index in [0.29, 0.717) is 28.4 Å². The second-order valence-corrected chi connectivity index (χ2v) is 4.29. The van der Waals surface area contributed by atoms with E-state index < -0.39 is 0 Å². The van der Waals surface area contributed by atoms with E-state index in [0.717, 1.165) is 0 Å². The standard InChI is InChI=1S/C9H13N7O2S/c1-4-16-9(13-14-15-16)19-5-6(17-2)11-8(10)12-7(5)18-3/h4H2,1-3H3,(H2,10,11,12). The Morgan fingerprint density at radius 3 is 2.37 bits per heavy atom. The SMILES string of the molecule is CCn1nnnc1Sc1c(OC)nc(N)nc1OC. The maximum Gasteiger partial charge on any atom is 0.236 e. The van der Waals surface area contributed by atoms with Gasteiger partial charge in [0.15, 0.2) is 0 Å². The van der Waals surface area contributed by atoms with Crippen molar-refractivity contribution in [3.63, 3.8) is 0 Å². The molecule has 0 aromatic carbocycles. The van der Waals surface area contributed by atoms with Crippen LogP contribution in [0.15, 0.2) is 10.1 Å². The molecule has 19 heavy (non-hydrogen) atoms. The number of ether oxygens (including phenoxy) is 2. The molecular formula is C9H13N7O2S. The average Bonchev–Trinajstić information content (AvgIpc) is 2.87. The summed E-state index contributed by atoms with van der Waals surface area (Å²) < 4.78 is 12.0. The van der Waals surface area contributed by atoms with E-state index in [4.69, 9.17) is 15.2 Å². The molecule has 102 valence electrons. The molecule has 2 aromatic heterocycles. The minimum Gasteiger partial charge on any atom is -0.480 e. The Bertz CT molecular complexity index is 548. The number of aryl methyl sites for hydroxylation is 1. The molecule has 0 bridgehead atoms. The summed E-state index contributed by atoms with van der Waals surface area (Å²) in [7, 11) is 2.99. The van der Waals surface area contributed by atoms with Crippen molar-refractivity contribution >= 4 is 17.7 Å². The first-order chi connectivity index (χ1) is 9.19. The third kappa shape index (κ3) is 2.67. The van der Waals surface area contributed by atoms with Crippen LogP contribution in [0, 0.1) is 0 Å². The van der Waals surface area contributed by atoms with Gasteiger partial charge in [0, 0.05) is 6.54 Å². The Hall–Kier alpha value is -2.10. The number of nitrogen functional groups attached to an aromatic ring is 1. The molecule has 9 nitrogen and oxygen atoms in total. The van der Waals surface area contributed by atoms with Gasteiger partial charge in [0.1, 0.15) is 4.90 Å². The summed E-state index contributed by atoms with van der Waals surface area (Å²) >= 11 is 1.25. The second-order valence-electron chi connectivity index (χ2n) is 3.31. The predicted octanol–water partition coefficient (Wildman–Crippen LogP) is 0.234. The fourth-order valence-electron chi connectivity index (χ4n) is 1.35. The van der Waals surface area contributed by atoms with Crippen molar-refractivity contribution in [1.82, 2.24) is 30.2 Å². The maximum absolute atomic E-state index is 5.57. The molecule has 10 heteroatoms. The lowest BCUT2D eigenvalue weighted by Crippen LogP contribution is -2.04. The van der Waals surface area contributed by atoms with Gasteiger partial charge < -0.3 is 15.2 Å². The van der Waals surface area contributed by atoms with E-state index in [1.165, 1.54) is 26.0 Å². The molecule has 0 saturated heterocycles. The zero-order valence-electron chi connectivity index (χ0n) is 10.7. The van der Waals surface area contributed by atoms with Crippen molar-refractivity contribution in [2.24, 2.45) is 0 Å². The zero-order chi connectivity index (χ0) is 13.8. The molecule has 0 aliphatic carbocycles. The van der Waals surface area contributed by atoms with Crippen LogP contribution < -0.4 is 15.2 Å². The first-order valence-corrected chi connectivity index (χ1v) is 6.20. The Balaban J connectivity index is 2.43. The van der Waals surface area contributed by atoms with Crippen LogP contribution in [0.5, 0.6) is 11.8 Å². The van der Waals surface area contributed by atoms with Gasteiger partial charge >= 0.3 is 0 Å². The van der Waals surface area contributed by atoms with E-state index >= 15 is 0 Å². The normalized spacial score (nSPS) is 10.5. The third-order valence-electron chi connectivity index (χ3n) is 2.20. The van der Waals surface area contributed by atoms with Crippen molar-refractivity contribution in [2.75, 3.05) is 20.0 Å². The van der Waals surface area contributed by atoms with Crippen LogP contribution in [0.1, 0.15) is 6.92 Å². The molecule has 0 saturated carbocycles. The van der Waals surface area contributed by atoms with Gasteiger partial charge in [0.2, 0.25) is 22.9 Å². The predicted molar refractivity (Wildman–Crippen MR) is 67.2 cm³/mol. The average molecular weight is 283 g/mol. The van der Waals surface area contributed by atoms with Crippen molar-refractivity contribution in [3.05, 3.63) is 0 Å². The van der Waals surface area contributed by atoms with Gasteiger partial charge in [-0.15, -0.1) is 5.10 Å². The van der Waals surface area contributed by atoms with Gasteiger partial charge in [-0.1, -0.05) is 0 Å². The summed E-state index contributed by atoms with van der Waals surface area (Å²) in [6.07, 6.45) is 0. The Morgan fingerprint density at radius 2 is 1.84 bits per heavy atom. The van der Waals surface area contributed by atoms with Crippen molar-refractivity contribution < 1.29 is 9.47 Å². The molecule has 2 heterocycles. The van der Waals surface area contributed by atoms with Crippen LogP contribution in [0.2, 0.25) is 0 Å². The van der Waals surface area contributed by atoms with Gasteiger partial charge in [-0.05, 0) is 29.1 Å². The summed E-state index contributed by atoms with van der Waals surface area (Å²) in [5.74, 6) is 0.716. The molecule has 0 aliphatic heterocycles. The third-order valence-corrected chi connectivity index (χ3v) is 3.23. The molecule has 0 fully saturated rings. The van der Waals surface area contributed by atoms with Crippen molar-refractivity contribution in [1.29, 1.82) is 0 Å². The molecule has 2 aromatic rings. The largest absolute Gasteiger partial charge is 0.480 e. The smallest absolute Gasteiger partial charge is 0.236 e. The topological polar surface area (TPSA) is 114 Å². The van der Waals surface area contributed by atoms with E-state index in [1.54, 1.807) is 4.68 Å². The van der Waals surface area contributed by atoms with E-state index in [9.17, 15) is 0 Å². The zero-order valence-corrected chi connectivity index (χ0v) is 11.5. The monoisotopic (exact) mass is 283 g/mol. The second kappa shape index (κ2) is 5.69. The minimum absolute atomic E-state index is 0.0770. The number of aromatic nitrogens is 6. The fraction of sp³-hybridized carbons (Fsp3) is 0.444. The number of nitrogens with two attached hydrogens (primary N) is 1. The summed E-state index contributed by atoms with van der Waals surface area (Å²) in [6, 6.07) is 0. The molecule has 0 radical (unpaired) electrons.